The average molecular weight is 292 g/mol. The zero-order chi connectivity index (χ0) is 13.1. The van der Waals surface area contributed by atoms with E-state index in [0.29, 0.717) is 12.6 Å². The SMILES string of the molecule is CSC1(CNS(=O)(=O)CCC2CCCCN2)CC1. The first kappa shape index (κ1) is 14.6. The molecule has 1 heterocycles. The molecule has 18 heavy (non-hydrogen) atoms. The van der Waals surface area contributed by atoms with Crippen molar-refractivity contribution in [1.29, 1.82) is 0 Å². The van der Waals surface area contributed by atoms with Crippen molar-refractivity contribution in [2.75, 3.05) is 25.1 Å². The van der Waals surface area contributed by atoms with Crippen LogP contribution in [0.4, 0.5) is 0 Å². The molecule has 0 aromatic carbocycles. The minimum Gasteiger partial charge on any atom is -0.314 e. The van der Waals surface area contributed by atoms with Crippen LogP contribution in [0.25, 0.3) is 0 Å². The second-order valence-corrected chi connectivity index (χ2v) is 8.66. The second kappa shape index (κ2) is 6.11. The van der Waals surface area contributed by atoms with Crippen LogP contribution in [0.5, 0.6) is 0 Å². The van der Waals surface area contributed by atoms with Crippen molar-refractivity contribution in [3.05, 3.63) is 0 Å². The number of thioether (sulfide) groups is 1. The summed E-state index contributed by atoms with van der Waals surface area (Å²) in [5.74, 6) is 0.259. The van der Waals surface area contributed by atoms with Crippen LogP contribution in [0, 0.1) is 0 Å². The van der Waals surface area contributed by atoms with Gasteiger partial charge in [0.1, 0.15) is 0 Å². The lowest BCUT2D eigenvalue weighted by Crippen LogP contribution is -2.38. The molecule has 1 saturated heterocycles. The first-order chi connectivity index (χ1) is 8.55. The fourth-order valence-electron chi connectivity index (χ4n) is 2.37. The van der Waals surface area contributed by atoms with Gasteiger partial charge in [-0.2, -0.15) is 11.8 Å². The van der Waals surface area contributed by atoms with E-state index in [1.807, 2.05) is 0 Å². The van der Waals surface area contributed by atoms with Crippen LogP contribution in [0.15, 0.2) is 0 Å². The van der Waals surface area contributed by atoms with Gasteiger partial charge in [0.05, 0.1) is 5.75 Å². The molecule has 1 atom stereocenters. The predicted octanol–water partition coefficient (Wildman–Crippen LogP) is 1.33. The smallest absolute Gasteiger partial charge is 0.211 e. The third kappa shape index (κ3) is 4.40. The summed E-state index contributed by atoms with van der Waals surface area (Å²) < 4.78 is 26.8. The molecule has 0 aromatic rings. The van der Waals surface area contributed by atoms with Gasteiger partial charge in [0, 0.05) is 17.3 Å². The number of piperidine rings is 1. The van der Waals surface area contributed by atoms with Crippen molar-refractivity contribution in [3.8, 4) is 0 Å². The van der Waals surface area contributed by atoms with Crippen LogP contribution < -0.4 is 10.0 Å². The lowest BCUT2D eigenvalue weighted by Gasteiger charge is -2.23. The monoisotopic (exact) mass is 292 g/mol. The first-order valence-corrected chi connectivity index (χ1v) is 9.69. The molecule has 2 rings (SSSR count). The molecule has 0 bridgehead atoms. The Hall–Kier alpha value is 0.220. The Morgan fingerprint density at radius 1 is 1.39 bits per heavy atom. The van der Waals surface area contributed by atoms with E-state index in [1.54, 1.807) is 11.8 Å². The quantitative estimate of drug-likeness (QED) is 0.743. The van der Waals surface area contributed by atoms with Crippen LogP contribution >= 0.6 is 11.8 Å². The van der Waals surface area contributed by atoms with E-state index >= 15 is 0 Å². The standard InChI is InChI=1S/C12H24N2O2S2/c1-17-12(6-7-12)10-14-18(15,16)9-5-11-4-2-3-8-13-11/h11,13-14H,2-10H2,1H3. The van der Waals surface area contributed by atoms with Crippen molar-refractivity contribution in [2.45, 2.75) is 49.3 Å². The van der Waals surface area contributed by atoms with Crippen LogP contribution in [-0.4, -0.2) is 44.3 Å². The summed E-state index contributed by atoms with van der Waals surface area (Å²) >= 11 is 1.79. The van der Waals surface area contributed by atoms with Gasteiger partial charge in [-0.15, -0.1) is 0 Å². The van der Waals surface area contributed by atoms with Crippen molar-refractivity contribution in [1.82, 2.24) is 10.0 Å². The molecule has 1 aliphatic carbocycles. The van der Waals surface area contributed by atoms with Crippen molar-refractivity contribution < 1.29 is 8.42 Å². The first-order valence-electron chi connectivity index (χ1n) is 6.81. The molecule has 1 aliphatic heterocycles. The summed E-state index contributed by atoms with van der Waals surface area (Å²) in [6, 6.07) is 0.394. The molecular formula is C12H24N2O2S2. The Labute approximate surface area is 115 Å². The third-order valence-corrected chi connectivity index (χ3v) is 6.78. The van der Waals surface area contributed by atoms with Crippen LogP contribution in [0.2, 0.25) is 0 Å². The predicted molar refractivity (Wildman–Crippen MR) is 77.5 cm³/mol. The van der Waals surface area contributed by atoms with Crippen LogP contribution in [-0.2, 0) is 10.0 Å². The summed E-state index contributed by atoms with van der Waals surface area (Å²) in [5.41, 5.74) is 0. The Balaban J connectivity index is 1.70. The van der Waals surface area contributed by atoms with Gasteiger partial charge in [-0.25, -0.2) is 13.1 Å². The van der Waals surface area contributed by atoms with E-state index in [2.05, 4.69) is 16.3 Å². The Kier molecular flexibility index (Phi) is 4.97. The molecule has 1 unspecified atom stereocenters. The maximum atomic E-state index is 11.9. The molecule has 4 nitrogen and oxygen atoms in total. The van der Waals surface area contributed by atoms with Gasteiger partial charge in [-0.05, 0) is 44.9 Å². The summed E-state index contributed by atoms with van der Waals surface area (Å²) in [4.78, 5) is 0. The lowest BCUT2D eigenvalue weighted by atomic mass is 10.0. The van der Waals surface area contributed by atoms with Gasteiger partial charge in [0.2, 0.25) is 10.0 Å². The third-order valence-electron chi connectivity index (χ3n) is 4.00. The molecule has 2 aliphatic rings. The highest BCUT2D eigenvalue weighted by atomic mass is 32.2. The molecule has 2 N–H and O–H groups in total. The van der Waals surface area contributed by atoms with E-state index in [0.717, 1.165) is 32.2 Å². The Bertz CT molecular complexity index is 360. The normalized spacial score (nSPS) is 27.1. The summed E-state index contributed by atoms with van der Waals surface area (Å²) in [7, 11) is -3.09. The topological polar surface area (TPSA) is 58.2 Å². The lowest BCUT2D eigenvalue weighted by molar-refractivity contribution is 0.392. The molecule has 6 heteroatoms. The van der Waals surface area contributed by atoms with E-state index in [-0.39, 0.29) is 10.5 Å². The van der Waals surface area contributed by atoms with Gasteiger partial charge in [-0.1, -0.05) is 6.42 Å². The number of nitrogens with one attached hydrogen (secondary N) is 2. The molecule has 0 radical (unpaired) electrons. The number of rotatable bonds is 7. The summed E-state index contributed by atoms with van der Waals surface area (Å²) in [6.45, 7) is 1.64. The van der Waals surface area contributed by atoms with E-state index in [9.17, 15) is 8.42 Å². The number of hydrogen-bond acceptors (Lipinski definition) is 4. The molecule has 0 spiro atoms. The Morgan fingerprint density at radius 3 is 2.72 bits per heavy atom. The average Bonchev–Trinajstić information content (AvgIpc) is 3.17. The minimum absolute atomic E-state index is 0.205. The van der Waals surface area contributed by atoms with E-state index in [1.165, 1.54) is 12.8 Å². The molecule has 2 fully saturated rings. The molecular weight excluding hydrogens is 268 g/mol. The molecule has 1 saturated carbocycles. The highest BCUT2D eigenvalue weighted by Gasteiger charge is 2.42. The highest BCUT2D eigenvalue weighted by Crippen LogP contribution is 2.46. The van der Waals surface area contributed by atoms with Gasteiger partial charge >= 0.3 is 0 Å². The largest absolute Gasteiger partial charge is 0.314 e. The molecule has 106 valence electrons. The second-order valence-electron chi connectivity index (χ2n) is 5.46. The van der Waals surface area contributed by atoms with Gasteiger partial charge in [0.25, 0.3) is 0 Å². The fourth-order valence-corrected chi connectivity index (χ4v) is 4.43. The summed E-state index contributed by atoms with van der Waals surface area (Å²) in [5, 5.41) is 3.39. The van der Waals surface area contributed by atoms with Gasteiger partial charge < -0.3 is 5.32 Å². The van der Waals surface area contributed by atoms with E-state index in [4.69, 9.17) is 0 Å². The van der Waals surface area contributed by atoms with Gasteiger partial charge in [0.15, 0.2) is 0 Å². The zero-order valence-electron chi connectivity index (χ0n) is 11.1. The molecule has 0 aromatic heterocycles. The maximum Gasteiger partial charge on any atom is 0.211 e. The van der Waals surface area contributed by atoms with Crippen LogP contribution in [0.3, 0.4) is 0 Å². The van der Waals surface area contributed by atoms with Crippen LogP contribution in [0.1, 0.15) is 38.5 Å². The summed E-state index contributed by atoms with van der Waals surface area (Å²) in [6.07, 6.45) is 8.64. The maximum absolute atomic E-state index is 11.9. The Morgan fingerprint density at radius 2 is 2.17 bits per heavy atom. The number of hydrogen-bond donors (Lipinski definition) is 2. The highest BCUT2D eigenvalue weighted by molar-refractivity contribution is 8.00. The minimum atomic E-state index is -3.09. The molecule has 0 amide bonds. The zero-order valence-corrected chi connectivity index (χ0v) is 12.7. The van der Waals surface area contributed by atoms with Gasteiger partial charge in [-0.3, -0.25) is 0 Å². The van der Waals surface area contributed by atoms with Crippen molar-refractivity contribution in [3.63, 3.8) is 0 Å². The number of sulfonamides is 1. The fraction of sp³-hybridized carbons (Fsp3) is 1.00. The van der Waals surface area contributed by atoms with Crippen molar-refractivity contribution in [2.24, 2.45) is 0 Å². The van der Waals surface area contributed by atoms with E-state index < -0.39 is 10.0 Å². The van der Waals surface area contributed by atoms with Crippen molar-refractivity contribution >= 4 is 21.8 Å².